The molecule has 3 heteroatoms. The highest BCUT2D eigenvalue weighted by atomic mass is 35.5. The Kier molecular flexibility index (Phi) is 3.28. The van der Waals surface area contributed by atoms with Crippen LogP contribution < -0.4 is 0 Å². The predicted octanol–water partition coefficient (Wildman–Crippen LogP) is 4.66. The van der Waals surface area contributed by atoms with Gasteiger partial charge in [0, 0.05) is 0 Å². The van der Waals surface area contributed by atoms with Crippen LogP contribution in [0.1, 0.15) is 22.1 Å². The van der Waals surface area contributed by atoms with Crippen molar-refractivity contribution in [3.05, 3.63) is 70.8 Å². The molecule has 0 saturated heterocycles. The zero-order valence-electron chi connectivity index (χ0n) is 10.2. The molecule has 98 valence electrons. The summed E-state index contributed by atoms with van der Waals surface area (Å²) in [6, 6.07) is 12.3. The number of alkyl halides is 1. The smallest absolute Gasteiger partial charge is 0.162 e. The molecule has 0 fully saturated rings. The van der Waals surface area contributed by atoms with Crippen molar-refractivity contribution < 1.29 is 8.78 Å². The Morgan fingerprint density at radius 2 is 1.84 bits per heavy atom. The van der Waals surface area contributed by atoms with Crippen molar-refractivity contribution in [2.24, 2.45) is 5.92 Å². The molecule has 0 bridgehead atoms. The highest BCUT2D eigenvalue weighted by Gasteiger charge is 2.31. The first-order chi connectivity index (χ1) is 9.16. The van der Waals surface area contributed by atoms with Gasteiger partial charge in [-0.1, -0.05) is 36.4 Å². The first kappa shape index (κ1) is 12.6. The molecule has 1 aliphatic carbocycles. The SMILES string of the molecule is Fc1cccc(CC2Cc3ccccc3C2Cl)c1F. The van der Waals surface area contributed by atoms with E-state index in [1.165, 1.54) is 5.56 Å². The van der Waals surface area contributed by atoms with Gasteiger partial charge in [0.05, 0.1) is 5.38 Å². The number of fused-ring (bicyclic) bond motifs is 1. The maximum absolute atomic E-state index is 13.7. The molecule has 3 rings (SSSR count). The van der Waals surface area contributed by atoms with Crippen molar-refractivity contribution >= 4 is 11.6 Å². The Bertz CT molecular complexity index is 609. The van der Waals surface area contributed by atoms with Crippen LogP contribution in [0.5, 0.6) is 0 Å². The second-order valence-electron chi connectivity index (χ2n) is 4.98. The van der Waals surface area contributed by atoms with Crippen LogP contribution in [0.3, 0.4) is 0 Å². The van der Waals surface area contributed by atoms with Crippen LogP contribution >= 0.6 is 11.6 Å². The highest BCUT2D eigenvalue weighted by Crippen LogP contribution is 2.42. The van der Waals surface area contributed by atoms with E-state index in [1.807, 2.05) is 24.3 Å². The molecule has 0 spiro atoms. The molecule has 0 N–H and O–H groups in total. The summed E-state index contributed by atoms with van der Waals surface area (Å²) in [5.41, 5.74) is 2.73. The zero-order chi connectivity index (χ0) is 13.4. The monoisotopic (exact) mass is 278 g/mol. The topological polar surface area (TPSA) is 0 Å². The minimum Gasteiger partial charge on any atom is -0.204 e. The van der Waals surface area contributed by atoms with Gasteiger partial charge < -0.3 is 0 Å². The van der Waals surface area contributed by atoms with Crippen molar-refractivity contribution in [3.8, 4) is 0 Å². The van der Waals surface area contributed by atoms with E-state index in [-0.39, 0.29) is 11.3 Å². The van der Waals surface area contributed by atoms with Gasteiger partial charge in [0.1, 0.15) is 0 Å². The standard InChI is InChI=1S/C16H13ClF2/c17-15-12(8-10-4-1-2-6-13(10)15)9-11-5-3-7-14(18)16(11)19/h1-7,12,15H,8-9H2. The lowest BCUT2D eigenvalue weighted by atomic mass is 9.96. The Hall–Kier alpha value is -1.41. The van der Waals surface area contributed by atoms with Gasteiger partial charge >= 0.3 is 0 Å². The summed E-state index contributed by atoms with van der Waals surface area (Å²) in [6.07, 6.45) is 1.28. The largest absolute Gasteiger partial charge is 0.204 e. The molecule has 2 unspecified atom stereocenters. The zero-order valence-corrected chi connectivity index (χ0v) is 11.0. The first-order valence-corrected chi connectivity index (χ1v) is 6.75. The summed E-state index contributed by atoms with van der Waals surface area (Å²) in [7, 11) is 0. The molecule has 0 saturated carbocycles. The van der Waals surface area contributed by atoms with Gasteiger partial charge in [-0.25, -0.2) is 8.78 Å². The van der Waals surface area contributed by atoms with Crippen LogP contribution in [0.25, 0.3) is 0 Å². The average molecular weight is 279 g/mol. The molecule has 0 aliphatic heterocycles. The average Bonchev–Trinajstić information content (AvgIpc) is 2.73. The second-order valence-corrected chi connectivity index (χ2v) is 5.45. The van der Waals surface area contributed by atoms with E-state index in [2.05, 4.69) is 0 Å². The second kappa shape index (κ2) is 4.93. The Morgan fingerprint density at radius 3 is 2.63 bits per heavy atom. The van der Waals surface area contributed by atoms with E-state index in [1.54, 1.807) is 12.1 Å². The molecule has 0 heterocycles. The van der Waals surface area contributed by atoms with Crippen molar-refractivity contribution in [1.29, 1.82) is 0 Å². The van der Waals surface area contributed by atoms with Crippen LogP contribution in [0.4, 0.5) is 8.78 Å². The fraction of sp³-hybridized carbons (Fsp3) is 0.250. The van der Waals surface area contributed by atoms with Crippen molar-refractivity contribution in [1.82, 2.24) is 0 Å². The fourth-order valence-corrected chi connectivity index (χ4v) is 3.18. The number of benzene rings is 2. The molecule has 1 aliphatic rings. The third kappa shape index (κ3) is 2.25. The Labute approximate surface area is 116 Å². The summed E-state index contributed by atoms with van der Waals surface area (Å²) >= 11 is 6.43. The van der Waals surface area contributed by atoms with Gasteiger partial charge in [-0.05, 0) is 41.5 Å². The third-order valence-electron chi connectivity index (χ3n) is 3.76. The number of hydrogen-bond donors (Lipinski definition) is 0. The maximum atomic E-state index is 13.7. The summed E-state index contributed by atoms with van der Waals surface area (Å²) in [6.45, 7) is 0. The van der Waals surface area contributed by atoms with Crippen LogP contribution in [0.15, 0.2) is 42.5 Å². The van der Waals surface area contributed by atoms with Gasteiger partial charge in [-0.15, -0.1) is 11.6 Å². The van der Waals surface area contributed by atoms with Crippen LogP contribution in [-0.4, -0.2) is 0 Å². The molecule has 2 atom stereocenters. The van der Waals surface area contributed by atoms with E-state index >= 15 is 0 Å². The Balaban J connectivity index is 1.85. The van der Waals surface area contributed by atoms with Crippen LogP contribution in [0, 0.1) is 17.6 Å². The lowest BCUT2D eigenvalue weighted by molar-refractivity contribution is 0.475. The van der Waals surface area contributed by atoms with Crippen LogP contribution in [0.2, 0.25) is 0 Å². The van der Waals surface area contributed by atoms with E-state index in [9.17, 15) is 8.78 Å². The van der Waals surface area contributed by atoms with E-state index in [0.29, 0.717) is 12.0 Å². The maximum Gasteiger partial charge on any atom is 0.162 e. The summed E-state index contributed by atoms with van der Waals surface area (Å²) in [4.78, 5) is 0. The summed E-state index contributed by atoms with van der Waals surface area (Å²) < 4.78 is 26.9. The van der Waals surface area contributed by atoms with Crippen LogP contribution in [-0.2, 0) is 12.8 Å². The molecule has 0 amide bonds. The molecule has 2 aromatic carbocycles. The lowest BCUT2D eigenvalue weighted by Gasteiger charge is -2.14. The number of rotatable bonds is 2. The summed E-state index contributed by atoms with van der Waals surface area (Å²) in [5, 5.41) is -0.126. The molecule has 19 heavy (non-hydrogen) atoms. The predicted molar refractivity (Wildman–Crippen MR) is 72.3 cm³/mol. The van der Waals surface area contributed by atoms with Gasteiger partial charge in [0.25, 0.3) is 0 Å². The molecule has 0 radical (unpaired) electrons. The van der Waals surface area contributed by atoms with Gasteiger partial charge in [0.15, 0.2) is 11.6 Å². The molecule has 2 aromatic rings. The lowest BCUT2D eigenvalue weighted by Crippen LogP contribution is -2.08. The minimum absolute atomic E-state index is 0.121. The fourth-order valence-electron chi connectivity index (χ4n) is 2.79. The normalized spacial score (nSPS) is 21.4. The Morgan fingerprint density at radius 1 is 1.05 bits per heavy atom. The first-order valence-electron chi connectivity index (χ1n) is 6.31. The molecular formula is C16H13ClF2. The van der Waals surface area contributed by atoms with Gasteiger partial charge in [0.2, 0.25) is 0 Å². The number of hydrogen-bond acceptors (Lipinski definition) is 0. The van der Waals surface area contributed by atoms with Crippen molar-refractivity contribution in [2.75, 3.05) is 0 Å². The van der Waals surface area contributed by atoms with E-state index in [4.69, 9.17) is 11.6 Å². The third-order valence-corrected chi connectivity index (χ3v) is 4.35. The molecular weight excluding hydrogens is 266 g/mol. The summed E-state index contributed by atoms with van der Waals surface area (Å²) in [5.74, 6) is -1.42. The quantitative estimate of drug-likeness (QED) is 0.701. The molecule has 0 aromatic heterocycles. The van der Waals surface area contributed by atoms with E-state index in [0.717, 1.165) is 18.1 Å². The van der Waals surface area contributed by atoms with Gasteiger partial charge in [-0.2, -0.15) is 0 Å². The molecule has 0 nitrogen and oxygen atoms in total. The van der Waals surface area contributed by atoms with E-state index < -0.39 is 11.6 Å². The number of halogens is 3. The highest BCUT2D eigenvalue weighted by molar-refractivity contribution is 6.21. The minimum atomic E-state index is -0.792. The van der Waals surface area contributed by atoms with Gasteiger partial charge in [-0.3, -0.25) is 0 Å². The van der Waals surface area contributed by atoms with Crippen molar-refractivity contribution in [2.45, 2.75) is 18.2 Å². The van der Waals surface area contributed by atoms with Crippen molar-refractivity contribution in [3.63, 3.8) is 0 Å².